The first-order valence-corrected chi connectivity index (χ1v) is 10.5. The number of rotatable bonds is 7. The van der Waals surface area contributed by atoms with Crippen LogP contribution in [0.5, 0.6) is 0 Å². The van der Waals surface area contributed by atoms with Crippen LogP contribution in [0.2, 0.25) is 0 Å². The zero-order valence-electron chi connectivity index (χ0n) is 15.4. The molecule has 1 aliphatic rings. The standard InChI is InChI=1S/C18H29N3O3S/c1-19(2)12-13-20(14-16-8-5-4-6-9-16)18(22)17-10-7-11-21(15-17)25(3,23)24/h4-6,8-9,17H,7,10-15H2,1-3H3. The van der Waals surface area contributed by atoms with Gasteiger partial charge in [0.1, 0.15) is 0 Å². The highest BCUT2D eigenvalue weighted by molar-refractivity contribution is 7.88. The Morgan fingerprint density at radius 3 is 2.48 bits per heavy atom. The van der Waals surface area contributed by atoms with E-state index in [0.717, 1.165) is 24.9 Å². The maximum absolute atomic E-state index is 13.1. The molecule has 0 aliphatic carbocycles. The molecular weight excluding hydrogens is 338 g/mol. The lowest BCUT2D eigenvalue weighted by atomic mass is 9.97. The average molecular weight is 368 g/mol. The molecule has 1 unspecified atom stereocenters. The number of likely N-dealkylation sites (N-methyl/N-ethyl adjacent to an activating group) is 1. The third kappa shape index (κ3) is 6.09. The van der Waals surface area contributed by atoms with E-state index in [1.807, 2.05) is 49.3 Å². The van der Waals surface area contributed by atoms with E-state index < -0.39 is 10.0 Å². The molecule has 1 aromatic rings. The number of sulfonamides is 1. The Hall–Kier alpha value is -1.44. The molecule has 2 rings (SSSR count). The van der Waals surface area contributed by atoms with Crippen molar-refractivity contribution in [3.05, 3.63) is 35.9 Å². The first kappa shape index (κ1) is 19.9. The van der Waals surface area contributed by atoms with Crippen molar-refractivity contribution in [3.63, 3.8) is 0 Å². The van der Waals surface area contributed by atoms with Crippen LogP contribution in [-0.4, -0.2) is 75.0 Å². The zero-order valence-corrected chi connectivity index (χ0v) is 16.2. The lowest BCUT2D eigenvalue weighted by Gasteiger charge is -2.34. The number of hydrogen-bond acceptors (Lipinski definition) is 4. The number of piperidine rings is 1. The largest absolute Gasteiger partial charge is 0.337 e. The average Bonchev–Trinajstić information content (AvgIpc) is 2.58. The predicted octanol–water partition coefficient (Wildman–Crippen LogP) is 1.25. The van der Waals surface area contributed by atoms with Crippen LogP contribution in [0.4, 0.5) is 0 Å². The fourth-order valence-electron chi connectivity index (χ4n) is 3.10. The molecule has 0 spiro atoms. The monoisotopic (exact) mass is 367 g/mol. The van der Waals surface area contributed by atoms with Crippen LogP contribution < -0.4 is 0 Å². The van der Waals surface area contributed by atoms with Crippen LogP contribution in [-0.2, 0) is 21.4 Å². The second-order valence-corrected chi connectivity index (χ2v) is 8.99. The van der Waals surface area contributed by atoms with Crippen LogP contribution in [0.15, 0.2) is 30.3 Å². The first-order valence-electron chi connectivity index (χ1n) is 8.70. The third-order valence-corrected chi connectivity index (χ3v) is 5.82. The summed E-state index contributed by atoms with van der Waals surface area (Å²) in [7, 11) is 0.718. The Kier molecular flexibility index (Phi) is 6.98. The molecule has 0 aromatic heterocycles. The second-order valence-electron chi connectivity index (χ2n) is 7.01. The number of amides is 1. The molecule has 1 saturated heterocycles. The first-order chi connectivity index (χ1) is 11.8. The summed E-state index contributed by atoms with van der Waals surface area (Å²) in [5, 5.41) is 0. The molecule has 140 valence electrons. The van der Waals surface area contributed by atoms with Gasteiger partial charge in [0.2, 0.25) is 15.9 Å². The van der Waals surface area contributed by atoms with Crippen LogP contribution in [0.25, 0.3) is 0 Å². The Morgan fingerprint density at radius 1 is 1.20 bits per heavy atom. The van der Waals surface area contributed by atoms with Crippen molar-refractivity contribution in [2.45, 2.75) is 19.4 Å². The van der Waals surface area contributed by atoms with Crippen LogP contribution >= 0.6 is 0 Å². The molecule has 1 fully saturated rings. The Balaban J connectivity index is 2.10. The summed E-state index contributed by atoms with van der Waals surface area (Å²) in [6.45, 7) is 2.78. The van der Waals surface area contributed by atoms with E-state index in [2.05, 4.69) is 4.90 Å². The molecule has 25 heavy (non-hydrogen) atoms. The van der Waals surface area contributed by atoms with E-state index in [1.54, 1.807) is 0 Å². The SMILES string of the molecule is CN(C)CCN(Cc1ccccc1)C(=O)C1CCCN(S(C)(=O)=O)C1. The number of carbonyl (C=O) groups excluding carboxylic acids is 1. The van der Waals surface area contributed by atoms with E-state index in [0.29, 0.717) is 26.2 Å². The van der Waals surface area contributed by atoms with Gasteiger partial charge in [0.05, 0.1) is 12.2 Å². The molecular formula is C18H29N3O3S. The van der Waals surface area contributed by atoms with Crippen LogP contribution in [0.1, 0.15) is 18.4 Å². The van der Waals surface area contributed by atoms with Crippen molar-refractivity contribution >= 4 is 15.9 Å². The van der Waals surface area contributed by atoms with Crippen molar-refractivity contribution < 1.29 is 13.2 Å². The predicted molar refractivity (Wildman–Crippen MR) is 99.6 cm³/mol. The van der Waals surface area contributed by atoms with Crippen molar-refractivity contribution in [2.24, 2.45) is 5.92 Å². The minimum atomic E-state index is -3.25. The highest BCUT2D eigenvalue weighted by Gasteiger charge is 2.32. The minimum absolute atomic E-state index is 0.0547. The number of carbonyl (C=O) groups is 1. The van der Waals surface area contributed by atoms with Gasteiger partial charge in [0, 0.05) is 32.7 Å². The van der Waals surface area contributed by atoms with Gasteiger partial charge >= 0.3 is 0 Å². The molecule has 1 aliphatic heterocycles. The summed E-state index contributed by atoms with van der Waals surface area (Å²) in [5.74, 6) is -0.201. The van der Waals surface area contributed by atoms with Crippen molar-refractivity contribution in [3.8, 4) is 0 Å². The maximum Gasteiger partial charge on any atom is 0.227 e. The van der Waals surface area contributed by atoms with Crippen molar-refractivity contribution in [1.82, 2.24) is 14.1 Å². The minimum Gasteiger partial charge on any atom is -0.337 e. The van der Waals surface area contributed by atoms with E-state index in [-0.39, 0.29) is 11.8 Å². The van der Waals surface area contributed by atoms with E-state index >= 15 is 0 Å². The molecule has 0 N–H and O–H groups in total. The van der Waals surface area contributed by atoms with Crippen LogP contribution in [0.3, 0.4) is 0 Å². The van der Waals surface area contributed by atoms with Crippen molar-refractivity contribution in [2.75, 3.05) is 46.5 Å². The van der Waals surface area contributed by atoms with Gasteiger partial charge in [-0.05, 0) is 32.5 Å². The maximum atomic E-state index is 13.1. The Bertz CT molecular complexity index is 661. The lowest BCUT2D eigenvalue weighted by molar-refractivity contribution is -0.137. The van der Waals surface area contributed by atoms with Crippen LogP contribution in [0, 0.1) is 5.92 Å². The number of hydrogen-bond donors (Lipinski definition) is 0. The lowest BCUT2D eigenvalue weighted by Crippen LogP contribution is -2.47. The summed E-state index contributed by atoms with van der Waals surface area (Å²) >= 11 is 0. The normalized spacial score (nSPS) is 19.1. The van der Waals surface area contributed by atoms with Gasteiger partial charge in [-0.1, -0.05) is 30.3 Å². The van der Waals surface area contributed by atoms with Gasteiger partial charge in [0.25, 0.3) is 0 Å². The summed E-state index contributed by atoms with van der Waals surface area (Å²) < 4.78 is 25.1. The summed E-state index contributed by atoms with van der Waals surface area (Å²) in [4.78, 5) is 17.0. The van der Waals surface area contributed by atoms with E-state index in [1.165, 1.54) is 10.6 Å². The Labute approximate surface area is 151 Å². The zero-order chi connectivity index (χ0) is 18.4. The quantitative estimate of drug-likeness (QED) is 0.728. The van der Waals surface area contributed by atoms with Gasteiger partial charge in [-0.15, -0.1) is 0 Å². The molecule has 7 heteroatoms. The third-order valence-electron chi connectivity index (χ3n) is 4.55. The second kappa shape index (κ2) is 8.78. The fraction of sp³-hybridized carbons (Fsp3) is 0.611. The molecule has 1 amide bonds. The molecule has 0 bridgehead atoms. The fourth-order valence-corrected chi connectivity index (χ4v) is 4.01. The molecule has 0 radical (unpaired) electrons. The number of nitrogens with zero attached hydrogens (tertiary/aromatic N) is 3. The van der Waals surface area contributed by atoms with Gasteiger partial charge < -0.3 is 9.80 Å². The molecule has 6 nitrogen and oxygen atoms in total. The van der Waals surface area contributed by atoms with Gasteiger partial charge in [-0.2, -0.15) is 0 Å². The van der Waals surface area contributed by atoms with Gasteiger partial charge in [-0.25, -0.2) is 12.7 Å². The highest BCUT2D eigenvalue weighted by Crippen LogP contribution is 2.21. The molecule has 1 aromatic carbocycles. The van der Waals surface area contributed by atoms with Gasteiger partial charge in [0.15, 0.2) is 0 Å². The summed E-state index contributed by atoms with van der Waals surface area (Å²) in [5.41, 5.74) is 1.09. The smallest absolute Gasteiger partial charge is 0.227 e. The molecule has 0 saturated carbocycles. The summed E-state index contributed by atoms with van der Waals surface area (Å²) in [6, 6.07) is 9.92. The topological polar surface area (TPSA) is 60.9 Å². The van der Waals surface area contributed by atoms with Crippen molar-refractivity contribution in [1.29, 1.82) is 0 Å². The number of benzene rings is 1. The Morgan fingerprint density at radius 2 is 1.88 bits per heavy atom. The summed E-state index contributed by atoms with van der Waals surface area (Å²) in [6.07, 6.45) is 2.70. The van der Waals surface area contributed by atoms with Gasteiger partial charge in [-0.3, -0.25) is 4.79 Å². The molecule has 1 atom stereocenters. The van der Waals surface area contributed by atoms with E-state index in [9.17, 15) is 13.2 Å². The highest BCUT2D eigenvalue weighted by atomic mass is 32.2. The molecule has 1 heterocycles. The van der Waals surface area contributed by atoms with E-state index in [4.69, 9.17) is 0 Å².